The van der Waals surface area contributed by atoms with E-state index < -0.39 is 121 Å². The second-order valence-electron chi connectivity index (χ2n) is 12.1. The number of carbonyl (C=O) groups is 10. The first-order chi connectivity index (χ1) is 27.3. The van der Waals surface area contributed by atoms with Crippen LogP contribution in [0, 0.1) is 0 Å². The molecule has 0 radical (unpaired) electrons. The Labute approximate surface area is 333 Å². The summed E-state index contributed by atoms with van der Waals surface area (Å²) in [5, 5.41) is 19.0. The van der Waals surface area contributed by atoms with Crippen molar-refractivity contribution in [2.24, 2.45) is 0 Å². The van der Waals surface area contributed by atoms with Crippen molar-refractivity contribution in [1.82, 2.24) is 0 Å². The normalized spacial score (nSPS) is 26.1. The van der Waals surface area contributed by atoms with Crippen LogP contribution in [0.4, 0.5) is 0 Å². The van der Waals surface area contributed by atoms with E-state index in [0.717, 1.165) is 0 Å². The Hall–Kier alpha value is -5.38. The summed E-state index contributed by atoms with van der Waals surface area (Å²) in [6.45, 7) is 11.9. The molecule has 328 valence electrons. The van der Waals surface area contributed by atoms with Gasteiger partial charge in [0.2, 0.25) is 24.8 Å². The van der Waals surface area contributed by atoms with Crippen molar-refractivity contribution in [2.75, 3.05) is 0 Å². The quantitative estimate of drug-likeness (QED) is 0.146. The van der Waals surface area contributed by atoms with E-state index in [-0.39, 0.29) is 51.4 Å². The van der Waals surface area contributed by atoms with E-state index >= 15 is 0 Å². The van der Waals surface area contributed by atoms with E-state index in [2.05, 4.69) is 0 Å². The van der Waals surface area contributed by atoms with Crippen LogP contribution < -0.4 is 0 Å². The molecule has 0 aromatic heterocycles. The minimum atomic E-state index is -1.83. The van der Waals surface area contributed by atoms with Crippen LogP contribution in [0.25, 0.3) is 0 Å². The lowest BCUT2D eigenvalue weighted by molar-refractivity contribution is -0.294. The van der Waals surface area contributed by atoms with Crippen LogP contribution in [0.3, 0.4) is 0 Å². The number of carbonyl (C=O) groups excluding carboxylic acids is 8. The zero-order chi connectivity index (χ0) is 44.3. The molecule has 2 N–H and O–H groups in total. The fourth-order valence-corrected chi connectivity index (χ4v) is 4.82. The Kier molecular flexibility index (Phi) is 21.9. The molecule has 0 aliphatic carbocycles. The molecule has 2 aliphatic rings. The van der Waals surface area contributed by atoms with Crippen LogP contribution in [-0.2, 0) is 95.3 Å². The third-order valence-corrected chi connectivity index (χ3v) is 7.89. The van der Waals surface area contributed by atoms with Gasteiger partial charge in [0, 0.05) is 51.4 Å². The van der Waals surface area contributed by atoms with Crippen molar-refractivity contribution in [2.45, 2.75) is 168 Å². The van der Waals surface area contributed by atoms with Crippen LogP contribution in [0.5, 0.6) is 0 Å². The SMILES string of the molecule is CCC(=O)O[C@@H]1O[C@H](C(=O)O)[C@@H](OC(=O)CC)[C@H](OC(=O)CC)[C@H]1OC(=O)CC.CCC(=O)O[C@H]1O[C@H](C(=O)O)[C@@H](OC(=O)CC)[C@H](OC(=O)CC)[C@H]1OC(=O)CC. The fourth-order valence-electron chi connectivity index (χ4n) is 4.82. The molecule has 0 aromatic rings. The highest BCUT2D eigenvalue weighted by Crippen LogP contribution is 2.32. The van der Waals surface area contributed by atoms with Crippen LogP contribution in [0.2, 0.25) is 0 Å². The molecule has 22 nitrogen and oxygen atoms in total. The number of hydrogen-bond donors (Lipinski definition) is 2. The molecule has 22 heteroatoms. The molecule has 0 unspecified atom stereocenters. The van der Waals surface area contributed by atoms with Crippen LogP contribution in [0.1, 0.15) is 107 Å². The summed E-state index contributed by atoms with van der Waals surface area (Å²) in [6, 6.07) is 0. The minimum absolute atomic E-state index is 0.0683. The van der Waals surface area contributed by atoms with Gasteiger partial charge in [-0.1, -0.05) is 55.4 Å². The third kappa shape index (κ3) is 15.2. The Morgan fingerprint density at radius 2 is 0.517 bits per heavy atom. The van der Waals surface area contributed by atoms with E-state index in [0.29, 0.717) is 0 Å². The van der Waals surface area contributed by atoms with Crippen molar-refractivity contribution in [3.05, 3.63) is 0 Å². The van der Waals surface area contributed by atoms with E-state index in [9.17, 15) is 58.2 Å². The predicted molar refractivity (Wildman–Crippen MR) is 186 cm³/mol. The predicted octanol–water partition coefficient (Wildman–Crippen LogP) is 1.43. The number of esters is 8. The highest BCUT2D eigenvalue weighted by atomic mass is 16.8. The van der Waals surface area contributed by atoms with Gasteiger partial charge in [-0.3, -0.25) is 38.4 Å². The molecule has 0 aromatic carbocycles. The summed E-state index contributed by atoms with van der Waals surface area (Å²) in [4.78, 5) is 118. The first kappa shape index (κ1) is 50.6. The monoisotopic (exact) mass is 836 g/mol. The summed E-state index contributed by atoms with van der Waals surface area (Å²) in [7, 11) is 0. The molecule has 2 rings (SSSR count). The Bertz CT molecular complexity index is 1370. The second-order valence-corrected chi connectivity index (χ2v) is 12.1. The van der Waals surface area contributed by atoms with Crippen molar-refractivity contribution in [3.63, 3.8) is 0 Å². The molecule has 2 fully saturated rings. The molecule has 0 amide bonds. The zero-order valence-corrected chi connectivity index (χ0v) is 33.5. The topological polar surface area (TPSA) is 303 Å². The summed E-state index contributed by atoms with van der Waals surface area (Å²) in [5.41, 5.74) is 0. The maximum absolute atomic E-state index is 11.9. The van der Waals surface area contributed by atoms with Gasteiger partial charge in [-0.05, 0) is 0 Å². The average Bonchev–Trinajstić information content (AvgIpc) is 3.20. The van der Waals surface area contributed by atoms with Crippen molar-refractivity contribution in [3.8, 4) is 0 Å². The van der Waals surface area contributed by atoms with Gasteiger partial charge >= 0.3 is 59.7 Å². The first-order valence-electron chi connectivity index (χ1n) is 18.7. The van der Waals surface area contributed by atoms with Gasteiger partial charge in [-0.25, -0.2) is 9.59 Å². The second kappa shape index (κ2) is 25.1. The van der Waals surface area contributed by atoms with Gasteiger partial charge in [-0.15, -0.1) is 0 Å². The molecule has 0 bridgehead atoms. The van der Waals surface area contributed by atoms with Gasteiger partial charge < -0.3 is 57.6 Å². The molecule has 2 heterocycles. The first-order valence-corrected chi connectivity index (χ1v) is 18.7. The summed E-state index contributed by atoms with van der Waals surface area (Å²) in [5.74, 6) is -9.22. The molecule has 58 heavy (non-hydrogen) atoms. The van der Waals surface area contributed by atoms with Crippen molar-refractivity contribution >= 4 is 59.7 Å². The Morgan fingerprint density at radius 1 is 0.328 bits per heavy atom. The lowest BCUT2D eigenvalue weighted by Crippen LogP contribution is -2.64. The average molecular weight is 837 g/mol. The van der Waals surface area contributed by atoms with Gasteiger partial charge in [0.1, 0.15) is 0 Å². The van der Waals surface area contributed by atoms with E-state index in [1.165, 1.54) is 55.4 Å². The summed E-state index contributed by atoms with van der Waals surface area (Å²) >= 11 is 0. The van der Waals surface area contributed by atoms with Gasteiger partial charge in [-0.2, -0.15) is 0 Å². The third-order valence-electron chi connectivity index (χ3n) is 7.89. The molecule has 0 saturated carbocycles. The molecular weight excluding hydrogens is 784 g/mol. The number of carboxylic acids is 2. The van der Waals surface area contributed by atoms with E-state index in [1.54, 1.807) is 0 Å². The number of aliphatic carboxylic acids is 2. The number of hydrogen-bond acceptors (Lipinski definition) is 20. The molecule has 10 atom stereocenters. The lowest BCUT2D eigenvalue weighted by Gasteiger charge is -2.42. The summed E-state index contributed by atoms with van der Waals surface area (Å²) < 4.78 is 52.0. The highest BCUT2D eigenvalue weighted by Gasteiger charge is 2.57. The number of ether oxygens (including phenoxy) is 10. The molecule has 2 aliphatic heterocycles. The lowest BCUT2D eigenvalue weighted by atomic mass is 9.97. The van der Waals surface area contributed by atoms with Crippen molar-refractivity contribution in [1.29, 1.82) is 0 Å². The van der Waals surface area contributed by atoms with Crippen LogP contribution >= 0.6 is 0 Å². The van der Waals surface area contributed by atoms with Gasteiger partial charge in [0.25, 0.3) is 0 Å². The van der Waals surface area contributed by atoms with Crippen LogP contribution in [0.15, 0.2) is 0 Å². The largest absolute Gasteiger partial charge is 0.479 e. The van der Waals surface area contributed by atoms with Crippen LogP contribution in [-0.4, -0.2) is 131 Å². The molecule has 0 spiro atoms. The summed E-state index contributed by atoms with van der Waals surface area (Å²) in [6.07, 6.45) is -17.1. The maximum Gasteiger partial charge on any atom is 0.337 e. The smallest absolute Gasteiger partial charge is 0.337 e. The van der Waals surface area contributed by atoms with Gasteiger partial charge in [0.05, 0.1) is 0 Å². The van der Waals surface area contributed by atoms with Crippen molar-refractivity contribution < 1.29 is 106 Å². The van der Waals surface area contributed by atoms with E-state index in [4.69, 9.17) is 47.4 Å². The minimum Gasteiger partial charge on any atom is -0.479 e. The maximum atomic E-state index is 11.9. The highest BCUT2D eigenvalue weighted by molar-refractivity contribution is 5.78. The molecular formula is C36H52O22. The standard InChI is InChI=1S/2C18H26O11/c2*1-5-9(19)25-13-14(26-10(20)6-2)16(27-11(21)7-3)18(28-12(22)8-4)29-15(13)17(23)24/h2*13-16,18H,5-8H2,1-4H3,(H,23,24)/t13-,14-,15-,16+,18+;13-,14-,15-,16+,18-/m00/s1. The number of carboxylic acid groups (broad SMARTS) is 2. The van der Waals surface area contributed by atoms with E-state index in [1.807, 2.05) is 0 Å². The zero-order valence-electron chi connectivity index (χ0n) is 33.5. The Morgan fingerprint density at radius 3 is 0.724 bits per heavy atom. The molecule has 2 saturated heterocycles. The van der Waals surface area contributed by atoms with Gasteiger partial charge in [0.15, 0.2) is 36.6 Å². The Balaban J connectivity index is 0.000000580. The number of rotatable bonds is 18. The fraction of sp³-hybridized carbons (Fsp3) is 0.722.